The highest BCUT2D eigenvalue weighted by Crippen LogP contribution is 2.29. The molecule has 152 valence electrons. The quantitative estimate of drug-likeness (QED) is 0.285. The van der Waals surface area contributed by atoms with E-state index >= 15 is 0 Å². The molecule has 1 aliphatic rings. The van der Waals surface area contributed by atoms with Gasteiger partial charge in [0.05, 0.1) is 12.2 Å². The largest absolute Gasteiger partial charge is 0.385 e. The third-order valence-corrected chi connectivity index (χ3v) is 5.75. The number of unbranched alkanes of at least 4 members (excludes halogenated alkanes) is 1. The lowest BCUT2D eigenvalue weighted by Crippen LogP contribution is -2.15. The molecule has 1 aliphatic carbocycles. The minimum absolute atomic E-state index is 0.0385. The van der Waals surface area contributed by atoms with Crippen LogP contribution in [-0.4, -0.2) is 37.1 Å². The smallest absolute Gasteiger partial charge is 0.262 e. The average molecular weight is 395 g/mol. The second-order valence-electron chi connectivity index (χ2n) is 7.12. The van der Waals surface area contributed by atoms with Crippen LogP contribution in [0.25, 0.3) is 0 Å². The predicted molar refractivity (Wildman–Crippen MR) is 112 cm³/mol. The first-order chi connectivity index (χ1) is 13.2. The summed E-state index contributed by atoms with van der Waals surface area (Å²) in [7, 11) is 3.37. The van der Waals surface area contributed by atoms with Crippen LogP contribution in [-0.2, 0) is 22.6 Å². The van der Waals surface area contributed by atoms with E-state index in [1.807, 2.05) is 12.3 Å². The number of aromatic nitrogens is 1. The van der Waals surface area contributed by atoms with Gasteiger partial charge >= 0.3 is 0 Å². The maximum Gasteiger partial charge on any atom is 0.262 e. The van der Waals surface area contributed by atoms with Crippen molar-refractivity contribution in [3.63, 3.8) is 0 Å². The Morgan fingerprint density at radius 3 is 2.85 bits per heavy atom. The van der Waals surface area contributed by atoms with Crippen LogP contribution in [0.3, 0.4) is 0 Å². The first-order valence-corrected chi connectivity index (χ1v) is 11.0. The van der Waals surface area contributed by atoms with Crippen molar-refractivity contribution in [2.45, 2.75) is 58.1 Å². The number of carbonyl (C=O) groups excluding carboxylic acids is 1. The van der Waals surface area contributed by atoms with E-state index in [4.69, 9.17) is 9.47 Å². The van der Waals surface area contributed by atoms with Gasteiger partial charge in [0, 0.05) is 45.0 Å². The highest BCUT2D eigenvalue weighted by Gasteiger charge is 2.15. The number of hydrogen-bond donors (Lipinski definition) is 1. The Morgan fingerprint density at radius 2 is 2.15 bits per heavy atom. The van der Waals surface area contributed by atoms with Gasteiger partial charge in [-0.25, -0.2) is 0 Å². The number of amides is 1. The van der Waals surface area contributed by atoms with Crippen molar-refractivity contribution in [1.29, 1.82) is 0 Å². The lowest BCUT2D eigenvalue weighted by Gasteiger charge is -2.23. The summed E-state index contributed by atoms with van der Waals surface area (Å²) in [5.74, 6) is 1.84. The number of nitrogens with zero attached hydrogens (tertiary/aromatic N) is 1. The number of hydrogen-bond acceptors (Lipinski definition) is 4. The van der Waals surface area contributed by atoms with E-state index in [2.05, 4.69) is 21.4 Å². The fourth-order valence-electron chi connectivity index (χ4n) is 3.12. The molecule has 0 bridgehead atoms. The van der Waals surface area contributed by atoms with E-state index in [1.165, 1.54) is 37.6 Å². The van der Waals surface area contributed by atoms with E-state index in [0.29, 0.717) is 18.8 Å². The molecule has 2 rings (SSSR count). The van der Waals surface area contributed by atoms with Crippen LogP contribution < -0.4 is 4.72 Å². The van der Waals surface area contributed by atoms with Crippen LogP contribution in [0.5, 0.6) is 0 Å². The maximum absolute atomic E-state index is 12.4. The zero-order chi connectivity index (χ0) is 19.3. The summed E-state index contributed by atoms with van der Waals surface area (Å²) in [6.45, 7) is 2.03. The van der Waals surface area contributed by atoms with Gasteiger partial charge in [-0.2, -0.15) is 0 Å². The molecule has 0 spiro atoms. The molecule has 0 saturated heterocycles. The van der Waals surface area contributed by atoms with Crippen molar-refractivity contribution >= 4 is 17.9 Å². The molecule has 1 aromatic heterocycles. The van der Waals surface area contributed by atoms with Crippen molar-refractivity contribution in [1.82, 2.24) is 9.29 Å². The van der Waals surface area contributed by atoms with E-state index in [-0.39, 0.29) is 5.91 Å². The van der Waals surface area contributed by atoms with E-state index < -0.39 is 0 Å². The standard InChI is InChI=1S/C21H34N2O3S/c1-25-13-8-12-23-16-19(15-20(23)17-26-2)21(24)22-27-14-6-4-3-5-9-18-10-7-11-18/h3,5,15-16,18H,4,6-14,17H2,1-2H3,(H,22,24)/b5-3+. The van der Waals surface area contributed by atoms with Gasteiger partial charge in [-0.05, 0) is 37.7 Å². The van der Waals surface area contributed by atoms with Gasteiger partial charge in [0.1, 0.15) is 0 Å². The number of carbonyl (C=O) groups is 1. The summed E-state index contributed by atoms with van der Waals surface area (Å²) in [4.78, 5) is 12.4. The van der Waals surface area contributed by atoms with Crippen LogP contribution >= 0.6 is 11.9 Å². The molecular weight excluding hydrogens is 360 g/mol. The molecule has 0 unspecified atom stereocenters. The average Bonchev–Trinajstić information content (AvgIpc) is 3.02. The van der Waals surface area contributed by atoms with Crippen LogP contribution in [0.15, 0.2) is 24.4 Å². The highest BCUT2D eigenvalue weighted by atomic mass is 32.2. The number of methoxy groups -OCH3 is 2. The van der Waals surface area contributed by atoms with Crippen LogP contribution in [0.4, 0.5) is 0 Å². The molecule has 1 amide bonds. The molecule has 5 nitrogen and oxygen atoms in total. The fraction of sp³-hybridized carbons (Fsp3) is 0.667. The predicted octanol–water partition coefficient (Wildman–Crippen LogP) is 4.58. The summed E-state index contributed by atoms with van der Waals surface area (Å²) < 4.78 is 15.4. The van der Waals surface area contributed by atoms with Crippen LogP contribution in [0, 0.1) is 5.92 Å². The Morgan fingerprint density at radius 1 is 1.30 bits per heavy atom. The van der Waals surface area contributed by atoms with Crippen molar-refractivity contribution in [2.75, 3.05) is 26.6 Å². The number of ether oxygens (including phenoxy) is 2. The Kier molecular flexibility index (Phi) is 10.6. The second-order valence-corrected chi connectivity index (χ2v) is 8.02. The Hall–Kier alpha value is -1.24. The topological polar surface area (TPSA) is 52.5 Å². The zero-order valence-electron chi connectivity index (χ0n) is 16.7. The van der Waals surface area contributed by atoms with Crippen molar-refractivity contribution in [3.05, 3.63) is 35.7 Å². The Balaban J connectivity index is 1.65. The van der Waals surface area contributed by atoms with E-state index in [9.17, 15) is 4.79 Å². The Labute approximate surface area is 168 Å². The van der Waals surface area contributed by atoms with Gasteiger partial charge < -0.3 is 14.0 Å². The molecule has 0 radical (unpaired) electrons. The maximum atomic E-state index is 12.4. The molecule has 1 heterocycles. The van der Waals surface area contributed by atoms with Gasteiger partial charge in [0.15, 0.2) is 0 Å². The van der Waals surface area contributed by atoms with Crippen molar-refractivity contribution < 1.29 is 14.3 Å². The monoisotopic (exact) mass is 394 g/mol. The summed E-state index contributed by atoms with van der Waals surface area (Å²) in [5, 5.41) is 0. The van der Waals surface area contributed by atoms with Crippen LogP contribution in [0.1, 0.15) is 61.0 Å². The molecule has 1 N–H and O–H groups in total. The Bertz CT molecular complexity index is 582. The van der Waals surface area contributed by atoms with Crippen molar-refractivity contribution in [3.8, 4) is 0 Å². The van der Waals surface area contributed by atoms with Gasteiger partial charge in [-0.1, -0.05) is 43.4 Å². The van der Waals surface area contributed by atoms with Gasteiger partial charge in [-0.3, -0.25) is 9.52 Å². The molecule has 6 heteroatoms. The zero-order valence-corrected chi connectivity index (χ0v) is 17.6. The molecule has 1 fully saturated rings. The third kappa shape index (κ3) is 8.11. The molecule has 0 aliphatic heterocycles. The number of allylic oxidation sites excluding steroid dienone is 2. The van der Waals surface area contributed by atoms with E-state index in [1.54, 1.807) is 14.2 Å². The van der Waals surface area contributed by atoms with Gasteiger partial charge in [0.25, 0.3) is 5.91 Å². The lowest BCUT2D eigenvalue weighted by molar-refractivity contribution is 0.0984. The van der Waals surface area contributed by atoms with Crippen molar-refractivity contribution in [2.24, 2.45) is 5.92 Å². The van der Waals surface area contributed by atoms with E-state index in [0.717, 1.165) is 43.2 Å². The molecule has 0 atom stereocenters. The minimum Gasteiger partial charge on any atom is -0.385 e. The third-order valence-electron chi connectivity index (χ3n) is 4.93. The number of aryl methyl sites for hydroxylation is 1. The summed E-state index contributed by atoms with van der Waals surface area (Å²) in [6.07, 6.45) is 15.1. The highest BCUT2D eigenvalue weighted by molar-refractivity contribution is 7.97. The number of nitrogens with one attached hydrogen (secondary N) is 1. The lowest BCUT2D eigenvalue weighted by atomic mass is 9.83. The van der Waals surface area contributed by atoms with Crippen LogP contribution in [0.2, 0.25) is 0 Å². The first-order valence-electron chi connectivity index (χ1n) is 9.98. The second kappa shape index (κ2) is 13.0. The molecule has 0 aromatic carbocycles. The summed E-state index contributed by atoms with van der Waals surface area (Å²) in [5.41, 5.74) is 1.70. The summed E-state index contributed by atoms with van der Waals surface area (Å²) >= 11 is 1.49. The first kappa shape index (κ1) is 22.1. The van der Waals surface area contributed by atoms with Gasteiger partial charge in [0.2, 0.25) is 0 Å². The molecule has 27 heavy (non-hydrogen) atoms. The summed E-state index contributed by atoms with van der Waals surface area (Å²) in [6, 6.07) is 1.91. The molecule has 1 saturated carbocycles. The minimum atomic E-state index is -0.0385. The molecular formula is C21H34N2O3S. The molecule has 1 aromatic rings. The normalized spacial score (nSPS) is 14.6. The van der Waals surface area contributed by atoms with Gasteiger partial charge in [-0.15, -0.1) is 0 Å². The fourth-order valence-corrected chi connectivity index (χ4v) is 3.78. The SMILES string of the molecule is COCCCn1cc(C(=O)NSCCC/C=C/CC2CCC2)cc1COC. The number of rotatable bonds is 14.